The minimum absolute atomic E-state index is 0.00749. The number of rotatable bonds is 11. The van der Waals surface area contributed by atoms with Crippen LogP contribution in [0.15, 0.2) is 77.7 Å². The number of anilines is 1. The number of aryl methyl sites for hydroxylation is 1. The van der Waals surface area contributed by atoms with Crippen LogP contribution < -0.4 is 9.62 Å². The van der Waals surface area contributed by atoms with Crippen molar-refractivity contribution in [1.29, 1.82) is 0 Å². The van der Waals surface area contributed by atoms with Crippen LogP contribution in [0.1, 0.15) is 38.3 Å². The van der Waals surface area contributed by atoms with E-state index in [9.17, 15) is 18.0 Å². The average molecular weight is 591 g/mol. The van der Waals surface area contributed by atoms with Gasteiger partial charge >= 0.3 is 0 Å². The summed E-state index contributed by atoms with van der Waals surface area (Å²) in [5.74, 6) is -0.870. The minimum atomic E-state index is -4.16. The topological polar surface area (TPSA) is 86.8 Å². The van der Waals surface area contributed by atoms with Gasteiger partial charge in [-0.1, -0.05) is 60.5 Å². The van der Waals surface area contributed by atoms with Gasteiger partial charge in [0.15, 0.2) is 0 Å². The van der Waals surface area contributed by atoms with Crippen molar-refractivity contribution in [3.8, 4) is 0 Å². The molecule has 7 nitrogen and oxygen atoms in total. The second-order valence-electron chi connectivity index (χ2n) is 9.40. The largest absolute Gasteiger partial charge is 0.352 e. The standard InChI is InChI=1S/C29H33Cl2N3O4S/c1-5-21(3)32-29(36)22(4)33(18-23-10-8-11-25(31)17-23)28(35)19-34(27-12-7-6-9-20(27)2)39(37,38)26-15-13-24(30)14-16-26/h6-17,21-22H,5,18-19H2,1-4H3,(H,32,36)/t21-,22-/m1/s1. The summed E-state index contributed by atoms with van der Waals surface area (Å²) in [6.45, 7) is 6.79. The summed E-state index contributed by atoms with van der Waals surface area (Å²) in [6.07, 6.45) is 0.723. The molecular weight excluding hydrogens is 557 g/mol. The molecule has 3 rings (SSSR count). The lowest BCUT2D eigenvalue weighted by molar-refractivity contribution is -0.139. The smallest absolute Gasteiger partial charge is 0.264 e. The molecule has 0 heterocycles. The molecule has 0 aromatic heterocycles. The van der Waals surface area contributed by atoms with Crippen LogP contribution in [0.4, 0.5) is 5.69 Å². The average Bonchev–Trinajstić information content (AvgIpc) is 2.90. The molecule has 2 atom stereocenters. The predicted molar refractivity (Wildman–Crippen MR) is 157 cm³/mol. The summed E-state index contributed by atoms with van der Waals surface area (Å²) >= 11 is 12.2. The normalized spacial score (nSPS) is 12.9. The highest BCUT2D eigenvalue weighted by Gasteiger charge is 2.33. The van der Waals surface area contributed by atoms with Crippen LogP contribution in [-0.4, -0.2) is 43.8 Å². The third-order valence-electron chi connectivity index (χ3n) is 6.47. The number of para-hydroxylation sites is 1. The molecular formula is C29H33Cl2N3O4S. The van der Waals surface area contributed by atoms with Crippen molar-refractivity contribution in [2.75, 3.05) is 10.8 Å². The Bertz CT molecular complexity index is 1410. The highest BCUT2D eigenvalue weighted by molar-refractivity contribution is 7.92. The number of sulfonamides is 1. The number of hydrogen-bond donors (Lipinski definition) is 1. The highest BCUT2D eigenvalue weighted by atomic mass is 35.5. The Balaban J connectivity index is 2.04. The van der Waals surface area contributed by atoms with Crippen LogP contribution in [0.2, 0.25) is 10.0 Å². The Morgan fingerprint density at radius 1 is 0.923 bits per heavy atom. The number of benzene rings is 3. The number of carbonyl (C=O) groups is 2. The zero-order valence-corrected chi connectivity index (χ0v) is 24.7. The fourth-order valence-electron chi connectivity index (χ4n) is 3.97. The Labute approximate surface area is 240 Å². The Morgan fingerprint density at radius 2 is 1.59 bits per heavy atom. The van der Waals surface area contributed by atoms with Gasteiger partial charge in [0, 0.05) is 22.6 Å². The van der Waals surface area contributed by atoms with E-state index in [1.165, 1.54) is 29.2 Å². The van der Waals surface area contributed by atoms with Crippen molar-refractivity contribution in [3.05, 3.63) is 94.0 Å². The molecule has 0 saturated heterocycles. The van der Waals surface area contributed by atoms with Crippen LogP contribution in [0, 0.1) is 6.92 Å². The molecule has 10 heteroatoms. The molecule has 3 aromatic rings. The van der Waals surface area contributed by atoms with E-state index in [1.54, 1.807) is 62.4 Å². The zero-order valence-electron chi connectivity index (χ0n) is 22.4. The van der Waals surface area contributed by atoms with Crippen LogP contribution in [0.5, 0.6) is 0 Å². The quantitative estimate of drug-likeness (QED) is 0.305. The molecule has 1 N–H and O–H groups in total. The molecule has 208 valence electrons. The molecule has 0 fully saturated rings. The Kier molecular flexibility index (Phi) is 10.4. The fourth-order valence-corrected chi connectivity index (χ4v) is 5.79. The Hall–Kier alpha value is -3.07. The summed E-state index contributed by atoms with van der Waals surface area (Å²) in [5.41, 5.74) is 1.74. The number of nitrogens with one attached hydrogen (secondary N) is 1. The first-order chi connectivity index (χ1) is 18.4. The fraction of sp³-hybridized carbons (Fsp3) is 0.310. The van der Waals surface area contributed by atoms with Gasteiger partial charge in [-0.05, 0) is 80.8 Å². The molecule has 0 aliphatic rings. The second kappa shape index (κ2) is 13.3. The first kappa shape index (κ1) is 30.5. The van der Waals surface area contributed by atoms with Crippen molar-refractivity contribution in [1.82, 2.24) is 10.2 Å². The number of halogens is 2. The van der Waals surface area contributed by atoms with Gasteiger partial charge in [-0.2, -0.15) is 0 Å². The number of hydrogen-bond acceptors (Lipinski definition) is 4. The number of nitrogens with zero attached hydrogens (tertiary/aromatic N) is 2. The first-order valence-corrected chi connectivity index (χ1v) is 14.8. The van der Waals surface area contributed by atoms with Gasteiger partial charge in [0.25, 0.3) is 10.0 Å². The van der Waals surface area contributed by atoms with E-state index in [0.717, 1.165) is 10.7 Å². The predicted octanol–water partition coefficient (Wildman–Crippen LogP) is 5.83. The third-order valence-corrected chi connectivity index (χ3v) is 8.74. The maximum Gasteiger partial charge on any atom is 0.264 e. The van der Waals surface area contributed by atoms with E-state index in [1.807, 2.05) is 13.8 Å². The van der Waals surface area contributed by atoms with Gasteiger partial charge in [0.1, 0.15) is 12.6 Å². The van der Waals surface area contributed by atoms with Crippen molar-refractivity contribution in [3.63, 3.8) is 0 Å². The monoisotopic (exact) mass is 589 g/mol. The van der Waals surface area contributed by atoms with Crippen molar-refractivity contribution < 1.29 is 18.0 Å². The van der Waals surface area contributed by atoms with Crippen LogP contribution in [-0.2, 0) is 26.2 Å². The molecule has 0 aliphatic heterocycles. The SMILES string of the molecule is CC[C@@H](C)NC(=O)[C@@H](C)N(Cc1cccc(Cl)c1)C(=O)CN(c1ccccc1C)S(=O)(=O)c1ccc(Cl)cc1. The third kappa shape index (κ3) is 7.75. The van der Waals surface area contributed by atoms with E-state index < -0.39 is 28.5 Å². The molecule has 0 saturated carbocycles. The summed E-state index contributed by atoms with van der Waals surface area (Å²) in [6, 6.07) is 18.7. The van der Waals surface area contributed by atoms with Crippen molar-refractivity contribution in [2.24, 2.45) is 0 Å². The molecule has 39 heavy (non-hydrogen) atoms. The molecule has 3 aromatic carbocycles. The summed E-state index contributed by atoms with van der Waals surface area (Å²) in [5, 5.41) is 3.79. The van der Waals surface area contributed by atoms with E-state index in [2.05, 4.69) is 5.32 Å². The number of amides is 2. The van der Waals surface area contributed by atoms with Gasteiger partial charge in [-0.3, -0.25) is 13.9 Å². The van der Waals surface area contributed by atoms with Crippen molar-refractivity contribution in [2.45, 2.75) is 57.6 Å². The van der Waals surface area contributed by atoms with Gasteiger partial charge in [-0.25, -0.2) is 8.42 Å². The lowest BCUT2D eigenvalue weighted by Crippen LogP contribution is -2.52. The summed E-state index contributed by atoms with van der Waals surface area (Å²) in [7, 11) is -4.16. The maximum absolute atomic E-state index is 13.9. The first-order valence-electron chi connectivity index (χ1n) is 12.6. The number of carbonyl (C=O) groups excluding carboxylic acids is 2. The minimum Gasteiger partial charge on any atom is -0.352 e. The lowest BCUT2D eigenvalue weighted by atomic mass is 10.1. The van der Waals surface area contributed by atoms with Crippen LogP contribution >= 0.6 is 23.2 Å². The van der Waals surface area contributed by atoms with E-state index in [4.69, 9.17) is 23.2 Å². The highest BCUT2D eigenvalue weighted by Crippen LogP contribution is 2.28. The van der Waals surface area contributed by atoms with E-state index >= 15 is 0 Å². The zero-order chi connectivity index (χ0) is 28.7. The van der Waals surface area contributed by atoms with Crippen LogP contribution in [0.3, 0.4) is 0 Å². The van der Waals surface area contributed by atoms with Gasteiger partial charge in [-0.15, -0.1) is 0 Å². The molecule has 0 unspecified atom stereocenters. The molecule has 0 aliphatic carbocycles. The van der Waals surface area contributed by atoms with Gasteiger partial charge in [0.2, 0.25) is 11.8 Å². The van der Waals surface area contributed by atoms with Crippen LogP contribution in [0.25, 0.3) is 0 Å². The Morgan fingerprint density at radius 3 is 2.21 bits per heavy atom. The van der Waals surface area contributed by atoms with Crippen molar-refractivity contribution >= 4 is 50.7 Å². The molecule has 0 spiro atoms. The van der Waals surface area contributed by atoms with E-state index in [-0.39, 0.29) is 23.4 Å². The molecule has 0 radical (unpaired) electrons. The molecule has 0 bridgehead atoms. The van der Waals surface area contributed by atoms with Gasteiger partial charge < -0.3 is 10.2 Å². The molecule has 2 amide bonds. The summed E-state index contributed by atoms with van der Waals surface area (Å²) < 4.78 is 28.8. The second-order valence-corrected chi connectivity index (χ2v) is 12.1. The maximum atomic E-state index is 13.9. The summed E-state index contributed by atoms with van der Waals surface area (Å²) in [4.78, 5) is 28.4. The lowest BCUT2D eigenvalue weighted by Gasteiger charge is -2.33. The van der Waals surface area contributed by atoms with Gasteiger partial charge in [0.05, 0.1) is 10.6 Å². The van der Waals surface area contributed by atoms with E-state index in [0.29, 0.717) is 26.9 Å².